The van der Waals surface area contributed by atoms with Gasteiger partial charge in [-0.2, -0.15) is 0 Å². The molecular weight excluding hydrogens is 757 g/mol. The van der Waals surface area contributed by atoms with E-state index in [1.54, 1.807) is 0 Å². The molecule has 6 heteroatoms. The molecular formula is C55H98O6. The van der Waals surface area contributed by atoms with Crippen molar-refractivity contribution in [1.82, 2.24) is 0 Å². The molecule has 0 aromatic carbocycles. The minimum atomic E-state index is -0.783. The van der Waals surface area contributed by atoms with Gasteiger partial charge in [0.2, 0.25) is 0 Å². The van der Waals surface area contributed by atoms with Crippen molar-refractivity contribution in [1.29, 1.82) is 0 Å². The Hall–Kier alpha value is -2.63. The largest absolute Gasteiger partial charge is 0.462 e. The van der Waals surface area contributed by atoms with Gasteiger partial charge in [0.25, 0.3) is 0 Å². The van der Waals surface area contributed by atoms with Gasteiger partial charge in [-0.15, -0.1) is 0 Å². The van der Waals surface area contributed by atoms with Crippen molar-refractivity contribution in [3.05, 3.63) is 48.6 Å². The Kier molecular flexibility index (Phi) is 47.9. The molecule has 0 aromatic heterocycles. The summed E-state index contributed by atoms with van der Waals surface area (Å²) >= 11 is 0. The molecule has 0 amide bonds. The smallest absolute Gasteiger partial charge is 0.306 e. The highest BCUT2D eigenvalue weighted by Crippen LogP contribution is 2.14. The minimum absolute atomic E-state index is 0.0831. The van der Waals surface area contributed by atoms with Gasteiger partial charge in [-0.1, -0.05) is 198 Å². The molecule has 0 aliphatic rings. The number of unbranched alkanes of at least 4 members (excludes halogenated alkanes) is 28. The van der Waals surface area contributed by atoms with Crippen LogP contribution in [0.3, 0.4) is 0 Å². The van der Waals surface area contributed by atoms with Gasteiger partial charge in [0.05, 0.1) is 0 Å². The second-order valence-electron chi connectivity index (χ2n) is 17.4. The zero-order chi connectivity index (χ0) is 44.4. The van der Waals surface area contributed by atoms with Crippen molar-refractivity contribution in [3.8, 4) is 0 Å². The van der Waals surface area contributed by atoms with Gasteiger partial charge >= 0.3 is 17.9 Å². The Morgan fingerprint density at radius 1 is 0.328 bits per heavy atom. The fourth-order valence-electron chi connectivity index (χ4n) is 7.29. The second-order valence-corrected chi connectivity index (χ2v) is 17.4. The van der Waals surface area contributed by atoms with Crippen LogP contribution in [0.4, 0.5) is 0 Å². The lowest BCUT2D eigenvalue weighted by Gasteiger charge is -2.18. The van der Waals surface area contributed by atoms with Crippen LogP contribution in [0.15, 0.2) is 48.6 Å². The average Bonchev–Trinajstić information content (AvgIpc) is 3.26. The third kappa shape index (κ3) is 48.3. The van der Waals surface area contributed by atoms with E-state index in [2.05, 4.69) is 69.4 Å². The summed E-state index contributed by atoms with van der Waals surface area (Å²) in [6.07, 6.45) is 59.5. The second kappa shape index (κ2) is 50.0. The predicted molar refractivity (Wildman–Crippen MR) is 261 cm³/mol. The molecule has 6 nitrogen and oxygen atoms in total. The van der Waals surface area contributed by atoms with E-state index in [4.69, 9.17) is 14.2 Å². The lowest BCUT2D eigenvalue weighted by atomic mass is 10.1. The lowest BCUT2D eigenvalue weighted by molar-refractivity contribution is -0.167. The topological polar surface area (TPSA) is 78.9 Å². The summed E-state index contributed by atoms with van der Waals surface area (Å²) in [7, 11) is 0. The molecule has 354 valence electrons. The van der Waals surface area contributed by atoms with E-state index in [0.717, 1.165) is 96.3 Å². The first-order chi connectivity index (χ1) is 30.0. The van der Waals surface area contributed by atoms with E-state index in [1.807, 2.05) is 0 Å². The van der Waals surface area contributed by atoms with Crippen LogP contribution in [-0.4, -0.2) is 37.2 Å². The third-order valence-corrected chi connectivity index (χ3v) is 11.3. The molecule has 0 aromatic rings. The molecule has 61 heavy (non-hydrogen) atoms. The van der Waals surface area contributed by atoms with E-state index in [1.165, 1.54) is 128 Å². The van der Waals surface area contributed by atoms with Crippen molar-refractivity contribution in [2.75, 3.05) is 13.2 Å². The molecule has 0 aliphatic carbocycles. The van der Waals surface area contributed by atoms with E-state index in [9.17, 15) is 14.4 Å². The van der Waals surface area contributed by atoms with Crippen LogP contribution in [0.1, 0.15) is 265 Å². The molecule has 0 aliphatic heterocycles. The first-order valence-corrected chi connectivity index (χ1v) is 26.1. The SMILES string of the molecule is CCC/C=C\CCCCCCCC(=O)OCC(COC(=O)CCCCCCCCC/C=C\CCCCCCCC)OC(=O)CCCCCCC/C=C\C/C=C\CCCCCC. The van der Waals surface area contributed by atoms with Gasteiger partial charge in [0.15, 0.2) is 6.10 Å². The normalized spacial score (nSPS) is 12.4. The molecule has 0 heterocycles. The number of hydrogen-bond acceptors (Lipinski definition) is 6. The van der Waals surface area contributed by atoms with Gasteiger partial charge in [-0.25, -0.2) is 0 Å². The monoisotopic (exact) mass is 855 g/mol. The Labute approximate surface area is 378 Å². The molecule has 0 N–H and O–H groups in total. The standard InChI is InChI=1S/C55H98O6/c1-4-7-10-13-16-19-22-24-26-28-30-31-33-36-39-42-45-48-54(57)60-51-52(50-59-53(56)47-44-41-38-35-21-18-15-12-9-6-3)61-55(58)49-46-43-40-37-34-32-29-27-25-23-20-17-14-11-8-5-2/h12,15,20,23-24,26-27,29,52H,4-11,13-14,16-19,21-22,25,28,30-51H2,1-3H3/b15-12-,23-20-,26-24-,29-27-. The van der Waals surface area contributed by atoms with Crippen LogP contribution in [0.25, 0.3) is 0 Å². The zero-order valence-electron chi connectivity index (χ0n) is 40.4. The summed E-state index contributed by atoms with van der Waals surface area (Å²) in [4.78, 5) is 37.9. The van der Waals surface area contributed by atoms with Gasteiger partial charge < -0.3 is 14.2 Å². The van der Waals surface area contributed by atoms with Crippen LogP contribution in [0.5, 0.6) is 0 Å². The quantitative estimate of drug-likeness (QED) is 0.0263. The summed E-state index contributed by atoms with van der Waals surface area (Å²) in [5.74, 6) is -0.906. The maximum Gasteiger partial charge on any atom is 0.306 e. The number of ether oxygens (including phenoxy) is 3. The Morgan fingerprint density at radius 2 is 0.623 bits per heavy atom. The van der Waals surface area contributed by atoms with Crippen molar-refractivity contribution in [3.63, 3.8) is 0 Å². The average molecular weight is 855 g/mol. The summed E-state index contributed by atoms with van der Waals surface area (Å²) in [6, 6.07) is 0. The molecule has 0 radical (unpaired) electrons. The fraction of sp³-hybridized carbons (Fsp3) is 0.800. The Bertz CT molecular complexity index is 1070. The maximum atomic E-state index is 12.8. The van der Waals surface area contributed by atoms with Crippen molar-refractivity contribution in [2.24, 2.45) is 0 Å². The van der Waals surface area contributed by atoms with Gasteiger partial charge in [0, 0.05) is 19.3 Å². The number of allylic oxidation sites excluding steroid dienone is 8. The zero-order valence-corrected chi connectivity index (χ0v) is 40.4. The summed E-state index contributed by atoms with van der Waals surface area (Å²) in [6.45, 7) is 6.54. The number of rotatable bonds is 47. The van der Waals surface area contributed by atoms with Gasteiger partial charge in [-0.3, -0.25) is 14.4 Å². The summed E-state index contributed by atoms with van der Waals surface area (Å²) < 4.78 is 16.8. The molecule has 1 unspecified atom stereocenters. The molecule has 0 saturated heterocycles. The van der Waals surface area contributed by atoms with Crippen LogP contribution in [0.2, 0.25) is 0 Å². The van der Waals surface area contributed by atoms with Crippen LogP contribution in [0, 0.1) is 0 Å². The van der Waals surface area contributed by atoms with E-state index in [0.29, 0.717) is 19.3 Å². The molecule has 0 saturated carbocycles. The number of carbonyl (C=O) groups is 3. The van der Waals surface area contributed by atoms with Crippen LogP contribution >= 0.6 is 0 Å². The third-order valence-electron chi connectivity index (χ3n) is 11.3. The first-order valence-electron chi connectivity index (χ1n) is 26.1. The first kappa shape index (κ1) is 58.4. The maximum absolute atomic E-state index is 12.8. The highest BCUT2D eigenvalue weighted by molar-refractivity contribution is 5.71. The van der Waals surface area contributed by atoms with Crippen molar-refractivity contribution < 1.29 is 28.6 Å². The Morgan fingerprint density at radius 3 is 1.00 bits per heavy atom. The van der Waals surface area contributed by atoms with E-state index >= 15 is 0 Å². The van der Waals surface area contributed by atoms with Crippen molar-refractivity contribution in [2.45, 2.75) is 271 Å². The number of hydrogen-bond donors (Lipinski definition) is 0. The minimum Gasteiger partial charge on any atom is -0.462 e. The van der Waals surface area contributed by atoms with Crippen molar-refractivity contribution >= 4 is 17.9 Å². The van der Waals surface area contributed by atoms with Crippen LogP contribution in [-0.2, 0) is 28.6 Å². The number of carbonyl (C=O) groups excluding carboxylic acids is 3. The number of esters is 3. The van der Waals surface area contributed by atoms with Crippen LogP contribution < -0.4 is 0 Å². The highest BCUT2D eigenvalue weighted by atomic mass is 16.6. The van der Waals surface area contributed by atoms with Gasteiger partial charge in [-0.05, 0) is 96.3 Å². The summed E-state index contributed by atoms with van der Waals surface area (Å²) in [5.41, 5.74) is 0. The molecule has 1 atom stereocenters. The molecule has 0 spiro atoms. The van der Waals surface area contributed by atoms with E-state index in [-0.39, 0.29) is 31.1 Å². The van der Waals surface area contributed by atoms with E-state index < -0.39 is 6.10 Å². The molecule has 0 rings (SSSR count). The lowest BCUT2D eigenvalue weighted by Crippen LogP contribution is -2.30. The fourth-order valence-corrected chi connectivity index (χ4v) is 7.29. The van der Waals surface area contributed by atoms with Gasteiger partial charge in [0.1, 0.15) is 13.2 Å². The molecule has 0 fully saturated rings. The Balaban J connectivity index is 4.36. The highest BCUT2D eigenvalue weighted by Gasteiger charge is 2.19. The summed E-state index contributed by atoms with van der Waals surface area (Å²) in [5, 5.41) is 0. The predicted octanol–water partition coefficient (Wildman–Crippen LogP) is 17.1. The molecule has 0 bridgehead atoms.